The summed E-state index contributed by atoms with van der Waals surface area (Å²) < 4.78 is 30.0. The average molecular weight is 178 g/mol. The van der Waals surface area contributed by atoms with Crippen LogP contribution in [0.25, 0.3) is 0 Å². The molecule has 0 bridgehead atoms. The van der Waals surface area contributed by atoms with E-state index < -0.39 is 15.4 Å². The Morgan fingerprint density at radius 2 is 2.27 bits per heavy atom. The molecule has 11 heavy (non-hydrogen) atoms. The first-order valence-corrected chi connectivity index (χ1v) is 5.06. The minimum absolute atomic E-state index is 0.00463. The lowest BCUT2D eigenvalue weighted by Gasteiger charge is -2.40. The Hall–Kier alpha value is -0.170. The summed E-state index contributed by atoms with van der Waals surface area (Å²) in [7, 11) is -3.80. The predicted molar refractivity (Wildman–Crippen MR) is 38.5 cm³/mol. The zero-order chi connectivity index (χ0) is 8.06. The average Bonchev–Trinajstić information content (AvgIpc) is 2.08. The van der Waals surface area contributed by atoms with Crippen molar-refractivity contribution in [3.8, 4) is 0 Å². The molecule has 0 saturated carbocycles. The highest BCUT2D eigenvalue weighted by Crippen LogP contribution is 2.27. The molecular formula is C5H10N2O3S. The maximum absolute atomic E-state index is 10.7. The molecule has 0 aromatic carbocycles. The van der Waals surface area contributed by atoms with Crippen LogP contribution in [0.15, 0.2) is 0 Å². The van der Waals surface area contributed by atoms with Gasteiger partial charge in [-0.3, -0.25) is 9.98 Å². The van der Waals surface area contributed by atoms with Gasteiger partial charge in [0.1, 0.15) is 5.25 Å². The first kappa shape index (κ1) is 7.48. The number of rotatable bonds is 1. The molecule has 2 saturated heterocycles. The van der Waals surface area contributed by atoms with Crippen LogP contribution < -0.4 is 5.43 Å². The lowest BCUT2D eigenvalue weighted by atomic mass is 10.0. The number of nitrogens with zero attached hydrogens (tertiary/aromatic N) is 1. The highest BCUT2D eigenvalue weighted by atomic mass is 32.2. The molecule has 64 valence electrons. The minimum atomic E-state index is -3.80. The van der Waals surface area contributed by atoms with Crippen molar-refractivity contribution < 1.29 is 13.0 Å². The number of nitrogens with one attached hydrogen (secondary N) is 1. The van der Waals surface area contributed by atoms with Gasteiger partial charge in [0.2, 0.25) is 0 Å². The molecule has 6 heteroatoms. The van der Waals surface area contributed by atoms with Gasteiger partial charge in [-0.15, -0.1) is 0 Å². The normalized spacial score (nSPS) is 38.3. The van der Waals surface area contributed by atoms with Gasteiger partial charge in [0.05, 0.1) is 0 Å². The first-order valence-electron chi connectivity index (χ1n) is 3.55. The summed E-state index contributed by atoms with van der Waals surface area (Å²) in [5.74, 6) is 0. The molecule has 5 nitrogen and oxygen atoms in total. The molecule has 2 fully saturated rings. The van der Waals surface area contributed by atoms with Gasteiger partial charge in [-0.25, -0.2) is 5.01 Å². The molecule has 0 aliphatic carbocycles. The molecule has 2 aliphatic heterocycles. The van der Waals surface area contributed by atoms with E-state index in [-0.39, 0.29) is 6.04 Å². The maximum Gasteiger partial charge on any atom is 0.270 e. The maximum atomic E-state index is 10.7. The van der Waals surface area contributed by atoms with Crippen LogP contribution in [0.3, 0.4) is 0 Å². The summed E-state index contributed by atoms with van der Waals surface area (Å²) in [4.78, 5) is 0. The molecule has 2 aliphatic rings. The standard InChI is InChI=1S/C5H10N2O3S/c8-11(9,10)5-3-7-4(5)1-2-6-7/h4-6H,1-3H2,(H,8,9,10). The predicted octanol–water partition coefficient (Wildman–Crippen LogP) is -1.16. The van der Waals surface area contributed by atoms with Gasteiger partial charge < -0.3 is 0 Å². The molecule has 0 aromatic rings. The van der Waals surface area contributed by atoms with Gasteiger partial charge in [-0.05, 0) is 6.42 Å². The van der Waals surface area contributed by atoms with Gasteiger partial charge in [0.25, 0.3) is 10.1 Å². The second-order valence-corrected chi connectivity index (χ2v) is 4.61. The molecule has 2 N–H and O–H groups in total. The fourth-order valence-corrected chi connectivity index (χ4v) is 2.71. The fourth-order valence-electron chi connectivity index (χ4n) is 1.69. The van der Waals surface area contributed by atoms with Crippen LogP contribution in [0.4, 0.5) is 0 Å². The van der Waals surface area contributed by atoms with Crippen molar-refractivity contribution >= 4 is 10.1 Å². The van der Waals surface area contributed by atoms with Gasteiger partial charge in [0.15, 0.2) is 0 Å². The molecule has 2 heterocycles. The van der Waals surface area contributed by atoms with Gasteiger partial charge in [0, 0.05) is 19.1 Å². The van der Waals surface area contributed by atoms with Crippen molar-refractivity contribution in [1.29, 1.82) is 0 Å². The van der Waals surface area contributed by atoms with E-state index in [9.17, 15) is 8.42 Å². The Bertz CT molecular complexity index is 263. The van der Waals surface area contributed by atoms with E-state index in [1.54, 1.807) is 0 Å². The Morgan fingerprint density at radius 3 is 2.82 bits per heavy atom. The van der Waals surface area contributed by atoms with Crippen LogP contribution in [0.2, 0.25) is 0 Å². The van der Waals surface area contributed by atoms with Crippen molar-refractivity contribution in [3.05, 3.63) is 0 Å². The summed E-state index contributed by atoms with van der Waals surface area (Å²) in [6.07, 6.45) is 0.810. The van der Waals surface area contributed by atoms with Crippen LogP contribution in [0, 0.1) is 0 Å². The number of hydrazine groups is 1. The van der Waals surface area contributed by atoms with Crippen molar-refractivity contribution in [3.63, 3.8) is 0 Å². The smallest absolute Gasteiger partial charge is 0.270 e. The van der Waals surface area contributed by atoms with Crippen LogP contribution >= 0.6 is 0 Å². The molecule has 2 unspecified atom stereocenters. The summed E-state index contributed by atoms with van der Waals surface area (Å²) >= 11 is 0. The summed E-state index contributed by atoms with van der Waals surface area (Å²) in [6, 6.07) is 0.00463. The van der Waals surface area contributed by atoms with Gasteiger partial charge in [-0.1, -0.05) is 0 Å². The number of hydrogen-bond acceptors (Lipinski definition) is 4. The van der Waals surface area contributed by atoms with E-state index >= 15 is 0 Å². The third kappa shape index (κ3) is 1.06. The van der Waals surface area contributed by atoms with Crippen molar-refractivity contribution in [2.45, 2.75) is 17.7 Å². The van der Waals surface area contributed by atoms with Gasteiger partial charge >= 0.3 is 0 Å². The largest absolute Gasteiger partial charge is 0.285 e. The number of hydrogen-bond donors (Lipinski definition) is 2. The van der Waals surface area contributed by atoms with Crippen molar-refractivity contribution in [2.24, 2.45) is 0 Å². The quantitative estimate of drug-likeness (QED) is 0.495. The van der Waals surface area contributed by atoms with Crippen LogP contribution in [0.1, 0.15) is 6.42 Å². The lowest BCUT2D eigenvalue weighted by molar-refractivity contribution is 0.0887. The van der Waals surface area contributed by atoms with E-state index in [0.717, 1.165) is 13.0 Å². The van der Waals surface area contributed by atoms with Crippen LogP contribution in [-0.2, 0) is 10.1 Å². The number of fused-ring (bicyclic) bond motifs is 1. The summed E-state index contributed by atoms with van der Waals surface area (Å²) in [5, 5.41) is 1.30. The molecule has 0 spiro atoms. The first-order chi connectivity index (χ1) is 5.09. The molecule has 0 radical (unpaired) electrons. The van der Waals surface area contributed by atoms with E-state index in [2.05, 4.69) is 5.43 Å². The fraction of sp³-hybridized carbons (Fsp3) is 1.00. The Morgan fingerprint density at radius 1 is 1.55 bits per heavy atom. The lowest BCUT2D eigenvalue weighted by Crippen LogP contribution is -2.62. The third-order valence-corrected chi connectivity index (χ3v) is 3.57. The molecule has 2 rings (SSSR count). The topological polar surface area (TPSA) is 69.6 Å². The van der Waals surface area contributed by atoms with E-state index in [0.29, 0.717) is 6.54 Å². The Kier molecular flexibility index (Phi) is 1.47. The van der Waals surface area contributed by atoms with Crippen molar-refractivity contribution in [1.82, 2.24) is 10.4 Å². The highest BCUT2D eigenvalue weighted by Gasteiger charge is 2.48. The van der Waals surface area contributed by atoms with Crippen LogP contribution in [-0.4, -0.2) is 42.4 Å². The van der Waals surface area contributed by atoms with Crippen LogP contribution in [0.5, 0.6) is 0 Å². The molecule has 2 atom stereocenters. The van der Waals surface area contributed by atoms with Gasteiger partial charge in [-0.2, -0.15) is 8.42 Å². The van der Waals surface area contributed by atoms with E-state index in [1.807, 2.05) is 5.01 Å². The minimum Gasteiger partial charge on any atom is -0.285 e. The second-order valence-electron chi connectivity index (χ2n) is 2.97. The van der Waals surface area contributed by atoms with E-state index in [1.165, 1.54) is 0 Å². The third-order valence-electron chi connectivity index (χ3n) is 2.34. The monoisotopic (exact) mass is 178 g/mol. The highest BCUT2D eigenvalue weighted by molar-refractivity contribution is 7.86. The summed E-state index contributed by atoms with van der Waals surface area (Å²) in [5.41, 5.74) is 3.02. The SMILES string of the molecule is O=S(=O)(O)C1CN2NCCC12. The zero-order valence-electron chi connectivity index (χ0n) is 5.90. The molecule has 0 amide bonds. The zero-order valence-corrected chi connectivity index (χ0v) is 6.71. The van der Waals surface area contributed by atoms with Crippen molar-refractivity contribution in [2.75, 3.05) is 13.1 Å². The second kappa shape index (κ2) is 2.16. The van der Waals surface area contributed by atoms with E-state index in [4.69, 9.17) is 4.55 Å². The molecule has 0 aromatic heterocycles. The Labute approximate surface area is 65.1 Å². The Balaban J connectivity index is 2.12. The molecular weight excluding hydrogens is 168 g/mol. The summed E-state index contributed by atoms with van der Waals surface area (Å²) in [6.45, 7) is 1.24.